The zero-order valence-electron chi connectivity index (χ0n) is 10.4. The second-order valence-electron chi connectivity index (χ2n) is 5.93. The minimum atomic E-state index is -0.478. The highest BCUT2D eigenvalue weighted by Crippen LogP contribution is 2.29. The van der Waals surface area contributed by atoms with Gasteiger partial charge in [-0.05, 0) is 46.6 Å². The number of esters is 1. The fourth-order valence-corrected chi connectivity index (χ4v) is 2.50. The molecule has 92 valence electrons. The van der Waals surface area contributed by atoms with Gasteiger partial charge in [-0.1, -0.05) is 0 Å². The maximum Gasteiger partial charge on any atom is 0.328 e. The van der Waals surface area contributed by atoms with Crippen LogP contribution in [0, 0.1) is 0 Å². The van der Waals surface area contributed by atoms with E-state index in [0.29, 0.717) is 12.6 Å². The lowest BCUT2D eigenvalue weighted by Gasteiger charge is -2.31. The van der Waals surface area contributed by atoms with Crippen molar-refractivity contribution in [2.24, 2.45) is 0 Å². The average molecular weight is 226 g/mol. The van der Waals surface area contributed by atoms with Gasteiger partial charge in [0.15, 0.2) is 0 Å². The topological polar surface area (TPSA) is 50.4 Å². The molecular formula is C12H22N2O2. The number of rotatable bonds is 1. The van der Waals surface area contributed by atoms with Gasteiger partial charge in [0.05, 0.1) is 0 Å². The molecular weight excluding hydrogens is 204 g/mol. The lowest BCUT2D eigenvalue weighted by atomic mass is 9.96. The van der Waals surface area contributed by atoms with Gasteiger partial charge in [0.1, 0.15) is 11.1 Å². The van der Waals surface area contributed by atoms with E-state index in [1.807, 2.05) is 20.8 Å². The van der Waals surface area contributed by atoms with Crippen molar-refractivity contribution >= 4 is 5.97 Å². The molecule has 0 radical (unpaired) electrons. The molecule has 0 aromatic heterocycles. The van der Waals surface area contributed by atoms with Gasteiger partial charge in [-0.2, -0.15) is 0 Å². The summed E-state index contributed by atoms with van der Waals surface area (Å²) in [5, 5.41) is 6.77. The first kappa shape index (κ1) is 11.9. The van der Waals surface area contributed by atoms with Gasteiger partial charge in [0, 0.05) is 12.6 Å². The minimum Gasteiger partial charge on any atom is -0.459 e. The molecule has 2 heterocycles. The van der Waals surface area contributed by atoms with Crippen molar-refractivity contribution in [2.75, 3.05) is 13.1 Å². The van der Waals surface area contributed by atoms with Gasteiger partial charge in [-0.15, -0.1) is 0 Å². The Labute approximate surface area is 97.1 Å². The lowest BCUT2D eigenvalue weighted by Crippen LogP contribution is -2.56. The minimum absolute atomic E-state index is 0.100. The molecule has 0 saturated carbocycles. The third kappa shape index (κ3) is 2.38. The first-order valence-corrected chi connectivity index (χ1v) is 6.13. The molecule has 2 aliphatic rings. The standard InChI is InChI=1S/C12H22N2O2/c1-11(2,3)16-10(15)12-6-4-9(14-12)5-7-13-8-12/h9,13-14H,4-8H2,1-3H3. The summed E-state index contributed by atoms with van der Waals surface area (Å²) >= 11 is 0. The maximum absolute atomic E-state index is 12.2. The first-order chi connectivity index (χ1) is 7.41. The number of nitrogens with one attached hydrogen (secondary N) is 2. The highest BCUT2D eigenvalue weighted by atomic mass is 16.6. The van der Waals surface area contributed by atoms with Gasteiger partial charge in [0.2, 0.25) is 0 Å². The number of fused-ring (bicyclic) bond motifs is 2. The van der Waals surface area contributed by atoms with Crippen LogP contribution in [-0.4, -0.2) is 36.2 Å². The number of ether oxygens (including phenoxy) is 1. The van der Waals surface area contributed by atoms with Crippen LogP contribution in [-0.2, 0) is 9.53 Å². The van der Waals surface area contributed by atoms with Gasteiger partial charge in [-0.3, -0.25) is 5.32 Å². The van der Waals surface area contributed by atoms with Gasteiger partial charge < -0.3 is 10.1 Å². The Morgan fingerprint density at radius 3 is 2.81 bits per heavy atom. The van der Waals surface area contributed by atoms with Crippen molar-refractivity contribution in [1.29, 1.82) is 0 Å². The van der Waals surface area contributed by atoms with E-state index in [0.717, 1.165) is 25.8 Å². The molecule has 0 aliphatic carbocycles. The summed E-state index contributed by atoms with van der Waals surface area (Å²) in [6.07, 6.45) is 3.07. The van der Waals surface area contributed by atoms with Gasteiger partial charge >= 0.3 is 5.97 Å². The predicted octanol–water partition coefficient (Wildman–Crippen LogP) is 0.812. The van der Waals surface area contributed by atoms with Crippen LogP contribution < -0.4 is 10.6 Å². The van der Waals surface area contributed by atoms with Crippen LogP contribution in [0.1, 0.15) is 40.0 Å². The first-order valence-electron chi connectivity index (χ1n) is 6.13. The summed E-state index contributed by atoms with van der Waals surface area (Å²) < 4.78 is 5.51. The van der Waals surface area contributed by atoms with Crippen molar-refractivity contribution in [3.8, 4) is 0 Å². The van der Waals surface area contributed by atoms with E-state index in [1.54, 1.807) is 0 Å². The second-order valence-corrected chi connectivity index (χ2v) is 5.93. The molecule has 2 bridgehead atoms. The van der Waals surface area contributed by atoms with Crippen LogP contribution in [0.2, 0.25) is 0 Å². The number of carbonyl (C=O) groups excluding carboxylic acids is 1. The van der Waals surface area contributed by atoms with Crippen LogP contribution in [0.4, 0.5) is 0 Å². The number of hydrogen-bond donors (Lipinski definition) is 2. The molecule has 4 nitrogen and oxygen atoms in total. The van der Waals surface area contributed by atoms with E-state index in [2.05, 4.69) is 10.6 Å². The molecule has 0 aromatic carbocycles. The van der Waals surface area contributed by atoms with Crippen LogP contribution in [0.5, 0.6) is 0 Å². The van der Waals surface area contributed by atoms with E-state index >= 15 is 0 Å². The molecule has 2 atom stereocenters. The summed E-state index contributed by atoms with van der Waals surface area (Å²) in [4.78, 5) is 12.2. The third-order valence-corrected chi connectivity index (χ3v) is 3.29. The highest BCUT2D eigenvalue weighted by molar-refractivity contribution is 5.82. The Kier molecular flexibility index (Phi) is 2.97. The molecule has 0 amide bonds. The molecule has 16 heavy (non-hydrogen) atoms. The molecule has 2 fully saturated rings. The summed E-state index contributed by atoms with van der Waals surface area (Å²) in [7, 11) is 0. The van der Waals surface area contributed by atoms with Gasteiger partial charge in [0.25, 0.3) is 0 Å². The Morgan fingerprint density at radius 1 is 1.38 bits per heavy atom. The van der Waals surface area contributed by atoms with Crippen LogP contribution in [0.25, 0.3) is 0 Å². The van der Waals surface area contributed by atoms with Crippen molar-refractivity contribution in [2.45, 2.75) is 57.2 Å². The molecule has 0 aromatic rings. The second kappa shape index (κ2) is 4.00. The maximum atomic E-state index is 12.2. The largest absolute Gasteiger partial charge is 0.459 e. The molecule has 4 heteroatoms. The Hall–Kier alpha value is -0.610. The van der Waals surface area contributed by atoms with Crippen LogP contribution >= 0.6 is 0 Å². The fourth-order valence-electron chi connectivity index (χ4n) is 2.50. The van der Waals surface area contributed by atoms with Crippen molar-refractivity contribution < 1.29 is 9.53 Å². The van der Waals surface area contributed by atoms with E-state index in [-0.39, 0.29) is 5.97 Å². The fraction of sp³-hybridized carbons (Fsp3) is 0.917. The SMILES string of the molecule is CC(C)(C)OC(=O)C12CCC(CCNC1)N2. The Balaban J connectivity index is 2.09. The van der Waals surface area contributed by atoms with Crippen molar-refractivity contribution in [1.82, 2.24) is 10.6 Å². The quantitative estimate of drug-likeness (QED) is 0.650. The summed E-state index contributed by atoms with van der Waals surface area (Å²) in [6.45, 7) is 7.43. The molecule has 2 N–H and O–H groups in total. The average Bonchev–Trinajstić information content (AvgIpc) is 2.39. The van der Waals surface area contributed by atoms with E-state index in [9.17, 15) is 4.79 Å². The van der Waals surface area contributed by atoms with E-state index in [1.165, 1.54) is 0 Å². The summed E-state index contributed by atoms with van der Waals surface area (Å²) in [6, 6.07) is 0.475. The zero-order chi connectivity index (χ0) is 11.8. The Morgan fingerprint density at radius 2 is 2.12 bits per heavy atom. The predicted molar refractivity (Wildman–Crippen MR) is 62.2 cm³/mol. The highest BCUT2D eigenvalue weighted by Gasteiger charge is 2.47. The van der Waals surface area contributed by atoms with Crippen molar-refractivity contribution in [3.63, 3.8) is 0 Å². The number of hydrogen-bond acceptors (Lipinski definition) is 4. The molecule has 2 saturated heterocycles. The van der Waals surface area contributed by atoms with Crippen molar-refractivity contribution in [3.05, 3.63) is 0 Å². The van der Waals surface area contributed by atoms with E-state index < -0.39 is 11.1 Å². The third-order valence-electron chi connectivity index (χ3n) is 3.29. The molecule has 2 rings (SSSR count). The molecule has 2 aliphatic heterocycles. The number of carbonyl (C=O) groups is 1. The molecule has 2 unspecified atom stereocenters. The summed E-state index contributed by atoms with van der Waals surface area (Å²) in [5.41, 5.74) is -0.883. The Bertz CT molecular complexity index is 285. The lowest BCUT2D eigenvalue weighted by molar-refractivity contribution is -0.162. The monoisotopic (exact) mass is 226 g/mol. The van der Waals surface area contributed by atoms with E-state index in [4.69, 9.17) is 4.74 Å². The normalized spacial score (nSPS) is 34.6. The van der Waals surface area contributed by atoms with Crippen LogP contribution in [0.15, 0.2) is 0 Å². The summed E-state index contributed by atoms with van der Waals surface area (Å²) in [5.74, 6) is -0.100. The van der Waals surface area contributed by atoms with Crippen LogP contribution in [0.3, 0.4) is 0 Å². The smallest absolute Gasteiger partial charge is 0.328 e. The van der Waals surface area contributed by atoms with Gasteiger partial charge in [-0.25, -0.2) is 4.79 Å². The molecule has 0 spiro atoms. The zero-order valence-corrected chi connectivity index (χ0v) is 10.4.